The van der Waals surface area contributed by atoms with E-state index in [2.05, 4.69) is 0 Å². The van der Waals surface area contributed by atoms with Crippen molar-refractivity contribution < 1.29 is 23.5 Å². The summed E-state index contributed by atoms with van der Waals surface area (Å²) in [7, 11) is -2.21. The van der Waals surface area contributed by atoms with Crippen LogP contribution in [-0.2, 0) is 31.5 Å². The van der Waals surface area contributed by atoms with Gasteiger partial charge in [-0.3, -0.25) is 9.36 Å². The lowest BCUT2D eigenvalue weighted by Gasteiger charge is -2.16. The fourth-order valence-electron chi connectivity index (χ4n) is 2.01. The summed E-state index contributed by atoms with van der Waals surface area (Å²) in [6.07, 6.45) is 0.754. The predicted molar refractivity (Wildman–Crippen MR) is 86.3 cm³/mol. The van der Waals surface area contributed by atoms with Gasteiger partial charge in [0.15, 0.2) is 0 Å². The molecule has 1 rings (SSSR count). The summed E-state index contributed by atoms with van der Waals surface area (Å²) in [5.41, 5.74) is 1.91. The Hall–Kier alpha value is -1.00. The van der Waals surface area contributed by atoms with Crippen molar-refractivity contribution >= 4 is 13.4 Å². The number of hydrogen-bond donors (Lipinski definition) is 1. The van der Waals surface area contributed by atoms with Crippen molar-refractivity contribution in [1.82, 2.24) is 0 Å². The maximum atomic E-state index is 12.0. The van der Waals surface area contributed by atoms with Crippen molar-refractivity contribution in [2.24, 2.45) is 0 Å². The molecule has 5 nitrogen and oxygen atoms in total. The molecule has 0 aliphatic carbocycles. The fourth-order valence-corrected chi connectivity index (χ4v) is 3.36. The zero-order chi connectivity index (χ0) is 16.6. The molecule has 0 saturated heterocycles. The summed E-state index contributed by atoms with van der Waals surface area (Å²) in [6, 6.07) is 7.61. The van der Waals surface area contributed by atoms with Gasteiger partial charge in [0.05, 0.1) is 12.7 Å². The average molecular weight is 328 g/mol. The lowest BCUT2D eigenvalue weighted by molar-refractivity contribution is -0.116. The second-order valence-corrected chi connectivity index (χ2v) is 7.20. The van der Waals surface area contributed by atoms with Crippen molar-refractivity contribution in [3.05, 3.63) is 35.4 Å². The second kappa shape index (κ2) is 9.21. The zero-order valence-corrected chi connectivity index (χ0v) is 14.3. The number of ether oxygens (including phenoxy) is 1. The van der Waals surface area contributed by atoms with Crippen molar-refractivity contribution in [1.29, 1.82) is 0 Å². The molecule has 0 fully saturated rings. The third-order valence-corrected chi connectivity index (χ3v) is 4.72. The highest BCUT2D eigenvalue weighted by atomic mass is 31.2. The summed E-state index contributed by atoms with van der Waals surface area (Å²) in [5, 5.41) is 0. The van der Waals surface area contributed by atoms with E-state index in [0.29, 0.717) is 13.0 Å². The van der Waals surface area contributed by atoms with Gasteiger partial charge in [-0.05, 0) is 30.9 Å². The van der Waals surface area contributed by atoms with E-state index >= 15 is 0 Å². The van der Waals surface area contributed by atoms with Crippen molar-refractivity contribution in [3.63, 3.8) is 0 Å². The third-order valence-electron chi connectivity index (χ3n) is 3.28. The minimum atomic E-state index is -3.86. The summed E-state index contributed by atoms with van der Waals surface area (Å²) in [4.78, 5) is 21.7. The molecule has 22 heavy (non-hydrogen) atoms. The number of benzene rings is 1. The molecule has 0 spiro atoms. The molecule has 1 aromatic rings. The first kappa shape index (κ1) is 19.0. The summed E-state index contributed by atoms with van der Waals surface area (Å²) >= 11 is 0. The molecule has 0 heterocycles. The maximum absolute atomic E-state index is 12.0. The first-order chi connectivity index (χ1) is 10.4. The Bertz CT molecular complexity index is 529. The summed E-state index contributed by atoms with van der Waals surface area (Å²) in [6.45, 7) is 4.19. The SMILES string of the molecule is CCC(C)OP(=O)(O)CC(=O)Cc1cccc(CCOC)c1. The van der Waals surface area contributed by atoms with Crippen LogP contribution < -0.4 is 0 Å². The van der Waals surface area contributed by atoms with E-state index in [4.69, 9.17) is 9.26 Å². The van der Waals surface area contributed by atoms with E-state index in [-0.39, 0.29) is 18.3 Å². The van der Waals surface area contributed by atoms with E-state index in [1.54, 1.807) is 14.0 Å². The monoisotopic (exact) mass is 328 g/mol. The number of carbonyl (C=O) groups excluding carboxylic acids is 1. The van der Waals surface area contributed by atoms with Crippen LogP contribution in [0.3, 0.4) is 0 Å². The molecule has 0 bridgehead atoms. The van der Waals surface area contributed by atoms with Gasteiger partial charge in [-0.1, -0.05) is 31.2 Å². The maximum Gasteiger partial charge on any atom is 0.335 e. The van der Waals surface area contributed by atoms with Gasteiger partial charge in [0, 0.05) is 13.5 Å². The van der Waals surface area contributed by atoms with Crippen LogP contribution in [0.25, 0.3) is 0 Å². The number of ketones is 1. The Balaban J connectivity index is 2.59. The molecule has 6 heteroatoms. The van der Waals surface area contributed by atoms with Crippen LogP contribution >= 0.6 is 7.60 Å². The molecule has 124 valence electrons. The van der Waals surface area contributed by atoms with Crippen LogP contribution in [0.2, 0.25) is 0 Å². The van der Waals surface area contributed by atoms with Crippen LogP contribution in [0, 0.1) is 0 Å². The molecular weight excluding hydrogens is 303 g/mol. The van der Waals surface area contributed by atoms with Crippen molar-refractivity contribution in [3.8, 4) is 0 Å². The van der Waals surface area contributed by atoms with Gasteiger partial charge >= 0.3 is 7.60 Å². The summed E-state index contributed by atoms with van der Waals surface area (Å²) < 4.78 is 22.0. The molecule has 0 aliphatic heterocycles. The molecule has 0 saturated carbocycles. The van der Waals surface area contributed by atoms with Crippen LogP contribution in [0.15, 0.2) is 24.3 Å². The molecule has 0 aromatic heterocycles. The van der Waals surface area contributed by atoms with Crippen LogP contribution in [0.4, 0.5) is 0 Å². The van der Waals surface area contributed by atoms with E-state index < -0.39 is 13.8 Å². The number of methoxy groups -OCH3 is 1. The number of carbonyl (C=O) groups is 1. The quantitative estimate of drug-likeness (QED) is 0.669. The lowest BCUT2D eigenvalue weighted by atomic mass is 10.0. The highest BCUT2D eigenvalue weighted by molar-refractivity contribution is 7.53. The van der Waals surface area contributed by atoms with E-state index in [0.717, 1.165) is 17.5 Å². The lowest BCUT2D eigenvalue weighted by Crippen LogP contribution is -2.13. The van der Waals surface area contributed by atoms with E-state index in [1.165, 1.54) is 0 Å². The van der Waals surface area contributed by atoms with Crippen LogP contribution in [-0.4, -0.2) is 36.7 Å². The highest BCUT2D eigenvalue weighted by Gasteiger charge is 2.26. The van der Waals surface area contributed by atoms with Crippen molar-refractivity contribution in [2.45, 2.75) is 39.2 Å². The molecule has 0 amide bonds. The molecule has 2 atom stereocenters. The number of hydrogen-bond acceptors (Lipinski definition) is 4. The van der Waals surface area contributed by atoms with Crippen LogP contribution in [0.5, 0.6) is 0 Å². The average Bonchev–Trinajstić information content (AvgIpc) is 2.44. The Morgan fingerprint density at radius 3 is 2.68 bits per heavy atom. The zero-order valence-electron chi connectivity index (χ0n) is 13.4. The highest BCUT2D eigenvalue weighted by Crippen LogP contribution is 2.43. The Kier molecular flexibility index (Phi) is 7.97. The molecular formula is C16H25O5P. The molecule has 1 aromatic carbocycles. The Morgan fingerprint density at radius 2 is 2.05 bits per heavy atom. The third kappa shape index (κ3) is 7.32. The van der Waals surface area contributed by atoms with Crippen molar-refractivity contribution in [2.75, 3.05) is 19.9 Å². The first-order valence-electron chi connectivity index (χ1n) is 7.45. The topological polar surface area (TPSA) is 72.8 Å². The first-order valence-corrected chi connectivity index (χ1v) is 9.21. The molecule has 0 aliphatic rings. The summed E-state index contributed by atoms with van der Waals surface area (Å²) in [5.74, 6) is -0.293. The van der Waals surface area contributed by atoms with Crippen LogP contribution in [0.1, 0.15) is 31.4 Å². The fraction of sp³-hybridized carbons (Fsp3) is 0.562. The normalized spacial score (nSPS) is 15.3. The minimum Gasteiger partial charge on any atom is -0.384 e. The van der Waals surface area contributed by atoms with Gasteiger partial charge in [0.2, 0.25) is 0 Å². The molecule has 0 radical (unpaired) electrons. The second-order valence-electron chi connectivity index (χ2n) is 5.40. The smallest absolute Gasteiger partial charge is 0.335 e. The van der Waals surface area contributed by atoms with Gasteiger partial charge < -0.3 is 14.2 Å². The van der Waals surface area contributed by atoms with Gasteiger partial charge in [-0.2, -0.15) is 0 Å². The van der Waals surface area contributed by atoms with Gasteiger partial charge in [-0.15, -0.1) is 0 Å². The van der Waals surface area contributed by atoms with E-state index in [9.17, 15) is 14.3 Å². The molecule has 1 N–H and O–H groups in total. The minimum absolute atomic E-state index is 0.134. The molecule has 2 unspecified atom stereocenters. The van der Waals surface area contributed by atoms with Gasteiger partial charge in [0.25, 0.3) is 0 Å². The van der Waals surface area contributed by atoms with Gasteiger partial charge in [-0.25, -0.2) is 0 Å². The predicted octanol–water partition coefficient (Wildman–Crippen LogP) is 2.99. The van der Waals surface area contributed by atoms with Gasteiger partial charge in [0.1, 0.15) is 11.9 Å². The Labute approximate surface area is 132 Å². The Morgan fingerprint density at radius 1 is 1.36 bits per heavy atom. The number of Topliss-reactive ketones (excluding diaryl/α,β-unsaturated/α-hetero) is 1. The largest absolute Gasteiger partial charge is 0.384 e. The van der Waals surface area contributed by atoms with E-state index in [1.807, 2.05) is 31.2 Å². The standard InChI is InChI=1S/C16H25O5P/c1-4-13(2)21-22(18,19)12-16(17)11-15-7-5-6-14(10-15)8-9-20-3/h5-7,10,13H,4,8-9,11-12H2,1-3H3,(H,18,19). The number of rotatable bonds is 10.